The van der Waals surface area contributed by atoms with Gasteiger partial charge in [-0.3, -0.25) is 4.90 Å². The van der Waals surface area contributed by atoms with Crippen molar-refractivity contribution in [3.05, 3.63) is 35.6 Å². The highest BCUT2D eigenvalue weighted by Gasteiger charge is 2.29. The average Bonchev–Trinajstić information content (AvgIpc) is 2.33. The summed E-state index contributed by atoms with van der Waals surface area (Å²) < 4.78 is 49.6. The molecule has 20 heavy (non-hydrogen) atoms. The normalized spacial score (nSPS) is 13.8. The van der Waals surface area contributed by atoms with Gasteiger partial charge in [-0.25, -0.2) is 4.39 Å². The fraction of sp³-hybridized carbons (Fsp3) is 0.571. The van der Waals surface area contributed by atoms with Gasteiger partial charge in [-0.2, -0.15) is 13.2 Å². The molecule has 0 spiro atoms. The quantitative estimate of drug-likeness (QED) is 0.775. The third kappa shape index (κ3) is 6.34. The Balaban J connectivity index is 2.57. The van der Waals surface area contributed by atoms with Crippen molar-refractivity contribution in [1.82, 2.24) is 10.2 Å². The number of rotatable bonds is 7. The maximum atomic E-state index is 12.9. The number of hydrogen-bond acceptors (Lipinski definition) is 2. The molecule has 6 heteroatoms. The van der Waals surface area contributed by atoms with Gasteiger partial charge >= 0.3 is 6.18 Å². The van der Waals surface area contributed by atoms with Gasteiger partial charge in [0, 0.05) is 6.04 Å². The molecule has 0 aliphatic carbocycles. The van der Waals surface area contributed by atoms with E-state index in [9.17, 15) is 17.6 Å². The van der Waals surface area contributed by atoms with E-state index in [0.29, 0.717) is 19.5 Å². The van der Waals surface area contributed by atoms with Crippen molar-refractivity contribution < 1.29 is 17.6 Å². The zero-order chi connectivity index (χ0) is 15.2. The van der Waals surface area contributed by atoms with Crippen LogP contribution in [-0.4, -0.2) is 37.8 Å². The second-order valence-electron chi connectivity index (χ2n) is 4.80. The zero-order valence-electron chi connectivity index (χ0n) is 11.7. The molecule has 1 unspecified atom stereocenters. The van der Waals surface area contributed by atoms with Gasteiger partial charge in [0.15, 0.2) is 0 Å². The monoisotopic (exact) mass is 292 g/mol. The maximum absolute atomic E-state index is 12.9. The molecule has 1 rings (SSSR count). The number of alkyl halides is 3. The first kappa shape index (κ1) is 16.9. The van der Waals surface area contributed by atoms with E-state index in [1.165, 1.54) is 24.1 Å². The van der Waals surface area contributed by atoms with Gasteiger partial charge in [-0.1, -0.05) is 19.1 Å². The second-order valence-corrected chi connectivity index (χ2v) is 4.80. The van der Waals surface area contributed by atoms with Crippen LogP contribution in [0.2, 0.25) is 0 Å². The highest BCUT2D eigenvalue weighted by molar-refractivity contribution is 5.19. The molecule has 0 aliphatic heterocycles. The standard InChI is InChI=1S/C14H20F4N2/c1-3-19-13(11-4-6-12(15)7-5-11)8-9-20(2)10-14(16,17)18/h4-7,13,19H,3,8-10H2,1-2H3. The van der Waals surface area contributed by atoms with E-state index in [-0.39, 0.29) is 11.9 Å². The summed E-state index contributed by atoms with van der Waals surface area (Å²) in [4.78, 5) is 1.24. The van der Waals surface area contributed by atoms with E-state index < -0.39 is 12.7 Å². The highest BCUT2D eigenvalue weighted by Crippen LogP contribution is 2.20. The topological polar surface area (TPSA) is 15.3 Å². The average molecular weight is 292 g/mol. The summed E-state index contributed by atoms with van der Waals surface area (Å²) in [7, 11) is 1.45. The Morgan fingerprint density at radius 1 is 1.20 bits per heavy atom. The molecule has 1 N–H and O–H groups in total. The van der Waals surface area contributed by atoms with Crippen LogP contribution in [0.15, 0.2) is 24.3 Å². The van der Waals surface area contributed by atoms with Crippen molar-refractivity contribution in [2.24, 2.45) is 0 Å². The largest absolute Gasteiger partial charge is 0.401 e. The van der Waals surface area contributed by atoms with Crippen LogP contribution in [0.3, 0.4) is 0 Å². The molecule has 114 valence electrons. The van der Waals surface area contributed by atoms with Gasteiger partial charge in [0.1, 0.15) is 5.82 Å². The smallest absolute Gasteiger partial charge is 0.310 e. The van der Waals surface area contributed by atoms with Gasteiger partial charge in [0.2, 0.25) is 0 Å². The summed E-state index contributed by atoms with van der Waals surface area (Å²) in [6.07, 6.45) is -3.65. The molecule has 0 saturated carbocycles. The Morgan fingerprint density at radius 2 is 1.80 bits per heavy atom. The Hall–Kier alpha value is -1.14. The van der Waals surface area contributed by atoms with Crippen LogP contribution in [0.25, 0.3) is 0 Å². The summed E-state index contributed by atoms with van der Waals surface area (Å²) >= 11 is 0. The summed E-state index contributed by atoms with van der Waals surface area (Å²) in [5, 5.41) is 3.21. The first-order chi connectivity index (χ1) is 9.31. The number of nitrogens with one attached hydrogen (secondary N) is 1. The zero-order valence-corrected chi connectivity index (χ0v) is 11.7. The molecule has 1 atom stereocenters. The SMILES string of the molecule is CCNC(CCN(C)CC(F)(F)F)c1ccc(F)cc1. The van der Waals surface area contributed by atoms with E-state index >= 15 is 0 Å². The van der Waals surface area contributed by atoms with E-state index in [1.807, 2.05) is 6.92 Å². The molecule has 0 aliphatic rings. The molecular formula is C14H20F4N2. The molecule has 0 fully saturated rings. The third-order valence-corrected chi connectivity index (χ3v) is 2.97. The summed E-state index contributed by atoms with van der Waals surface area (Å²) in [6, 6.07) is 5.97. The van der Waals surface area contributed by atoms with Crippen LogP contribution in [-0.2, 0) is 0 Å². The van der Waals surface area contributed by atoms with Crippen LogP contribution in [0.4, 0.5) is 17.6 Å². The number of nitrogens with zero attached hydrogens (tertiary/aromatic N) is 1. The summed E-state index contributed by atoms with van der Waals surface area (Å²) in [5.74, 6) is -0.321. The predicted octanol–water partition coefficient (Wildman–Crippen LogP) is 3.36. The van der Waals surface area contributed by atoms with Crippen LogP contribution in [0, 0.1) is 5.82 Å². The lowest BCUT2D eigenvalue weighted by molar-refractivity contribution is -0.143. The van der Waals surface area contributed by atoms with Crippen molar-refractivity contribution in [3.63, 3.8) is 0 Å². The maximum Gasteiger partial charge on any atom is 0.401 e. The Kier molecular flexibility index (Phi) is 6.42. The molecular weight excluding hydrogens is 272 g/mol. The van der Waals surface area contributed by atoms with E-state index in [2.05, 4.69) is 5.32 Å². The van der Waals surface area contributed by atoms with Crippen LogP contribution >= 0.6 is 0 Å². The first-order valence-electron chi connectivity index (χ1n) is 6.56. The Morgan fingerprint density at radius 3 is 2.30 bits per heavy atom. The molecule has 0 bridgehead atoms. The molecule has 0 saturated heterocycles. The van der Waals surface area contributed by atoms with Gasteiger partial charge < -0.3 is 5.32 Å². The second kappa shape index (κ2) is 7.59. The predicted molar refractivity (Wildman–Crippen MR) is 71.0 cm³/mol. The van der Waals surface area contributed by atoms with E-state index in [1.54, 1.807) is 12.1 Å². The molecule has 2 nitrogen and oxygen atoms in total. The first-order valence-corrected chi connectivity index (χ1v) is 6.56. The van der Waals surface area contributed by atoms with Crippen LogP contribution in [0.5, 0.6) is 0 Å². The van der Waals surface area contributed by atoms with E-state index in [0.717, 1.165) is 5.56 Å². The Labute approximate surface area is 116 Å². The fourth-order valence-corrected chi connectivity index (χ4v) is 2.06. The molecule has 1 aromatic rings. The minimum atomic E-state index is -4.18. The summed E-state index contributed by atoms with van der Waals surface area (Å²) in [5.41, 5.74) is 0.883. The van der Waals surface area contributed by atoms with Crippen molar-refractivity contribution in [1.29, 1.82) is 0 Å². The van der Waals surface area contributed by atoms with Crippen LogP contribution < -0.4 is 5.32 Å². The number of hydrogen-bond donors (Lipinski definition) is 1. The van der Waals surface area contributed by atoms with Crippen molar-refractivity contribution in [2.45, 2.75) is 25.6 Å². The highest BCUT2D eigenvalue weighted by atomic mass is 19.4. The van der Waals surface area contributed by atoms with Gasteiger partial charge in [-0.15, -0.1) is 0 Å². The molecule has 0 aromatic heterocycles. The molecule has 0 radical (unpaired) electrons. The molecule has 1 aromatic carbocycles. The Bertz CT molecular complexity index is 389. The van der Waals surface area contributed by atoms with Crippen molar-refractivity contribution >= 4 is 0 Å². The fourth-order valence-electron chi connectivity index (χ4n) is 2.06. The van der Waals surface area contributed by atoms with Crippen molar-refractivity contribution in [3.8, 4) is 0 Å². The lowest BCUT2D eigenvalue weighted by Gasteiger charge is -2.23. The molecule has 0 heterocycles. The van der Waals surface area contributed by atoms with Gasteiger partial charge in [0.05, 0.1) is 6.54 Å². The lowest BCUT2D eigenvalue weighted by Crippen LogP contribution is -2.33. The number of benzene rings is 1. The van der Waals surface area contributed by atoms with Crippen molar-refractivity contribution in [2.75, 3.05) is 26.7 Å². The van der Waals surface area contributed by atoms with Gasteiger partial charge in [0.25, 0.3) is 0 Å². The number of halogens is 4. The lowest BCUT2D eigenvalue weighted by atomic mass is 10.0. The third-order valence-electron chi connectivity index (χ3n) is 2.97. The summed E-state index contributed by atoms with van der Waals surface area (Å²) in [6.45, 7) is 2.02. The minimum Gasteiger partial charge on any atom is -0.310 e. The molecule has 0 amide bonds. The minimum absolute atomic E-state index is 0.0729. The van der Waals surface area contributed by atoms with Crippen LogP contribution in [0.1, 0.15) is 24.9 Å². The van der Waals surface area contributed by atoms with Gasteiger partial charge in [-0.05, 0) is 44.3 Å². The van der Waals surface area contributed by atoms with E-state index in [4.69, 9.17) is 0 Å².